The van der Waals surface area contributed by atoms with E-state index >= 15 is 0 Å². The summed E-state index contributed by atoms with van der Waals surface area (Å²) >= 11 is 1.47. The van der Waals surface area contributed by atoms with Gasteiger partial charge < -0.3 is 10.2 Å². The van der Waals surface area contributed by atoms with Gasteiger partial charge in [0.05, 0.1) is 5.41 Å². The first kappa shape index (κ1) is 19.3. The zero-order valence-electron chi connectivity index (χ0n) is 16.0. The normalized spacial score (nSPS) is 21.9. The van der Waals surface area contributed by atoms with Gasteiger partial charge in [0.15, 0.2) is 0 Å². The summed E-state index contributed by atoms with van der Waals surface area (Å²) in [7, 11) is 0. The average molecular weight is 411 g/mol. The van der Waals surface area contributed by atoms with Crippen molar-refractivity contribution >= 4 is 46.3 Å². The number of amides is 4. The summed E-state index contributed by atoms with van der Waals surface area (Å²) in [5.41, 5.74) is 1.12. The van der Waals surface area contributed by atoms with Crippen LogP contribution in [0.2, 0.25) is 0 Å². The summed E-state index contributed by atoms with van der Waals surface area (Å²) in [5.74, 6) is -1.09. The van der Waals surface area contributed by atoms with Crippen molar-refractivity contribution in [2.45, 2.75) is 31.6 Å². The van der Waals surface area contributed by atoms with Crippen molar-refractivity contribution in [1.82, 2.24) is 4.90 Å². The van der Waals surface area contributed by atoms with Gasteiger partial charge in [0.2, 0.25) is 23.6 Å². The van der Waals surface area contributed by atoms with Crippen LogP contribution in [0.15, 0.2) is 41.1 Å². The molecule has 2 aliphatic heterocycles. The highest BCUT2D eigenvalue weighted by atomic mass is 32.1. The number of imide groups is 1. The zero-order valence-corrected chi connectivity index (χ0v) is 16.8. The van der Waals surface area contributed by atoms with Gasteiger partial charge in [-0.05, 0) is 53.9 Å². The Morgan fingerprint density at radius 1 is 1.21 bits per heavy atom. The third-order valence-corrected chi connectivity index (χ3v) is 6.18. The van der Waals surface area contributed by atoms with Crippen LogP contribution >= 0.6 is 11.3 Å². The molecule has 0 radical (unpaired) electrons. The highest BCUT2D eigenvalue weighted by Crippen LogP contribution is 2.37. The summed E-state index contributed by atoms with van der Waals surface area (Å²) in [5, 5.41) is 6.46. The van der Waals surface area contributed by atoms with Crippen LogP contribution in [0.1, 0.15) is 31.7 Å². The van der Waals surface area contributed by atoms with Gasteiger partial charge in [0.25, 0.3) is 0 Å². The summed E-state index contributed by atoms with van der Waals surface area (Å²) in [6.45, 7) is 2.07. The minimum Gasteiger partial charge on any atom is -0.324 e. The van der Waals surface area contributed by atoms with Crippen molar-refractivity contribution in [1.29, 1.82) is 0 Å². The Morgan fingerprint density at radius 3 is 2.72 bits per heavy atom. The molecule has 1 aromatic heterocycles. The first-order valence-corrected chi connectivity index (χ1v) is 10.4. The van der Waals surface area contributed by atoms with Gasteiger partial charge in [-0.2, -0.15) is 11.3 Å². The van der Waals surface area contributed by atoms with Gasteiger partial charge in [-0.25, -0.2) is 0 Å². The van der Waals surface area contributed by atoms with Gasteiger partial charge in [0, 0.05) is 30.8 Å². The molecular weight excluding hydrogens is 390 g/mol. The lowest BCUT2D eigenvalue weighted by molar-refractivity contribution is -0.142. The smallest absolute Gasteiger partial charge is 0.244 e. The Labute approximate surface area is 172 Å². The van der Waals surface area contributed by atoms with E-state index in [0.29, 0.717) is 18.7 Å². The predicted molar refractivity (Wildman–Crippen MR) is 110 cm³/mol. The maximum absolute atomic E-state index is 12.9. The molecule has 29 heavy (non-hydrogen) atoms. The molecule has 2 saturated heterocycles. The lowest BCUT2D eigenvalue weighted by atomic mass is 9.83. The zero-order chi connectivity index (χ0) is 20.6. The maximum atomic E-state index is 12.9. The van der Waals surface area contributed by atoms with Crippen LogP contribution in [0, 0.1) is 0 Å². The second kappa shape index (κ2) is 7.44. The third kappa shape index (κ3) is 3.55. The van der Waals surface area contributed by atoms with Crippen molar-refractivity contribution < 1.29 is 19.2 Å². The van der Waals surface area contributed by atoms with Crippen molar-refractivity contribution in [2.75, 3.05) is 23.3 Å². The Balaban J connectivity index is 1.44. The van der Waals surface area contributed by atoms with E-state index in [4.69, 9.17) is 0 Å². The first-order valence-electron chi connectivity index (χ1n) is 9.46. The molecule has 1 atom stereocenters. The van der Waals surface area contributed by atoms with E-state index in [9.17, 15) is 19.2 Å². The molecule has 0 saturated carbocycles. The minimum absolute atomic E-state index is 0.0579. The van der Waals surface area contributed by atoms with E-state index in [1.165, 1.54) is 11.3 Å². The average Bonchev–Trinajstić information content (AvgIpc) is 3.41. The van der Waals surface area contributed by atoms with Crippen molar-refractivity contribution in [3.63, 3.8) is 0 Å². The number of hydrogen-bond acceptors (Lipinski definition) is 5. The molecule has 2 aromatic rings. The maximum Gasteiger partial charge on any atom is 0.244 e. The van der Waals surface area contributed by atoms with Crippen molar-refractivity contribution in [3.05, 3.63) is 46.7 Å². The molecule has 2 aliphatic rings. The minimum atomic E-state index is -0.923. The van der Waals surface area contributed by atoms with E-state index in [-0.39, 0.29) is 30.7 Å². The lowest BCUT2D eigenvalue weighted by Crippen LogP contribution is -2.41. The SMILES string of the molecule is CC1(c2ccsc2)CC(=O)N(CC(=O)Nc2cccc(N3CCCC3=O)c2)C1=O. The second-order valence-electron chi connectivity index (χ2n) is 7.55. The second-order valence-corrected chi connectivity index (χ2v) is 8.33. The number of thiophene rings is 1. The Morgan fingerprint density at radius 2 is 2.03 bits per heavy atom. The van der Waals surface area contributed by atoms with E-state index in [1.54, 1.807) is 30.0 Å². The summed E-state index contributed by atoms with van der Waals surface area (Å²) in [4.78, 5) is 52.5. The summed E-state index contributed by atoms with van der Waals surface area (Å²) < 4.78 is 0. The molecule has 1 aromatic carbocycles. The molecule has 2 fully saturated rings. The molecule has 1 unspecified atom stereocenters. The number of carbonyl (C=O) groups is 4. The van der Waals surface area contributed by atoms with E-state index in [0.717, 1.165) is 22.6 Å². The molecule has 0 aliphatic carbocycles. The topological polar surface area (TPSA) is 86.8 Å². The number of rotatable bonds is 5. The van der Waals surface area contributed by atoms with Crippen LogP contribution < -0.4 is 10.2 Å². The number of anilines is 2. The van der Waals surface area contributed by atoms with Crippen LogP contribution in [0.5, 0.6) is 0 Å². The quantitative estimate of drug-likeness (QED) is 0.766. The van der Waals surface area contributed by atoms with Gasteiger partial charge in [-0.3, -0.25) is 24.1 Å². The number of nitrogens with zero attached hydrogens (tertiary/aromatic N) is 2. The molecule has 0 spiro atoms. The van der Waals surface area contributed by atoms with Crippen LogP contribution in [0.25, 0.3) is 0 Å². The van der Waals surface area contributed by atoms with Crippen molar-refractivity contribution in [3.8, 4) is 0 Å². The Hall–Kier alpha value is -3.00. The molecule has 8 heteroatoms. The fraction of sp³-hybridized carbons (Fsp3) is 0.333. The van der Waals surface area contributed by atoms with Gasteiger partial charge in [-0.1, -0.05) is 6.07 Å². The molecule has 0 bridgehead atoms. The number of hydrogen-bond donors (Lipinski definition) is 1. The number of benzene rings is 1. The lowest BCUT2D eigenvalue weighted by Gasteiger charge is -2.21. The van der Waals surface area contributed by atoms with Gasteiger partial charge in [-0.15, -0.1) is 0 Å². The van der Waals surface area contributed by atoms with E-state index < -0.39 is 11.3 Å². The number of carbonyl (C=O) groups excluding carboxylic acids is 4. The number of likely N-dealkylation sites (tertiary alicyclic amines) is 1. The van der Waals surface area contributed by atoms with Crippen LogP contribution in [-0.4, -0.2) is 41.6 Å². The fourth-order valence-electron chi connectivity index (χ4n) is 3.87. The summed E-state index contributed by atoms with van der Waals surface area (Å²) in [6, 6.07) is 8.86. The van der Waals surface area contributed by atoms with E-state index in [1.807, 2.05) is 22.9 Å². The molecule has 3 heterocycles. The summed E-state index contributed by atoms with van der Waals surface area (Å²) in [6.07, 6.45) is 1.40. The van der Waals surface area contributed by atoms with Crippen LogP contribution in [0.3, 0.4) is 0 Å². The van der Waals surface area contributed by atoms with E-state index in [2.05, 4.69) is 5.32 Å². The highest BCUT2D eigenvalue weighted by Gasteiger charge is 2.49. The molecular formula is C21H21N3O4S. The first-order chi connectivity index (χ1) is 13.9. The Kier molecular flexibility index (Phi) is 4.96. The number of nitrogens with one attached hydrogen (secondary N) is 1. The Bertz CT molecular complexity index is 988. The molecule has 7 nitrogen and oxygen atoms in total. The molecule has 150 valence electrons. The van der Waals surface area contributed by atoms with Gasteiger partial charge >= 0.3 is 0 Å². The standard InChI is InChI=1S/C21H21N3O4S/c1-21(14-7-9-29-13-14)11-19(27)24(20(21)28)12-17(25)22-15-4-2-5-16(10-15)23-8-3-6-18(23)26/h2,4-5,7,9-10,13H,3,6,8,11-12H2,1H3,(H,22,25). The van der Waals surface area contributed by atoms with Crippen LogP contribution in [-0.2, 0) is 24.6 Å². The third-order valence-electron chi connectivity index (χ3n) is 5.50. The molecule has 4 rings (SSSR count). The fourth-order valence-corrected chi connectivity index (χ4v) is 4.65. The molecule has 4 amide bonds. The van der Waals surface area contributed by atoms with Gasteiger partial charge in [0.1, 0.15) is 6.54 Å². The predicted octanol–water partition coefficient (Wildman–Crippen LogP) is 2.53. The largest absolute Gasteiger partial charge is 0.324 e. The molecule has 1 N–H and O–H groups in total. The highest BCUT2D eigenvalue weighted by molar-refractivity contribution is 7.08. The van der Waals surface area contributed by atoms with Crippen molar-refractivity contribution in [2.24, 2.45) is 0 Å². The monoisotopic (exact) mass is 411 g/mol. The van der Waals surface area contributed by atoms with Crippen LogP contribution in [0.4, 0.5) is 11.4 Å².